The highest BCUT2D eigenvalue weighted by molar-refractivity contribution is 5.93. The molecule has 1 heterocycles. The van der Waals surface area contributed by atoms with E-state index in [9.17, 15) is 4.79 Å². The number of carboxylic acids is 1. The molecule has 1 N–H and O–H groups in total. The Hall–Kier alpha value is -2.93. The third kappa shape index (κ3) is 2.03. The number of tetrazole rings is 1. The molecule has 0 spiro atoms. The van der Waals surface area contributed by atoms with E-state index in [-0.39, 0.29) is 11.3 Å². The van der Waals surface area contributed by atoms with Gasteiger partial charge in [-0.1, -0.05) is 5.11 Å². The molecular weight excluding hydrogens is 226 g/mol. The van der Waals surface area contributed by atoms with Gasteiger partial charge in [0.15, 0.2) is 0 Å². The Labute approximate surface area is 93.9 Å². The molecule has 1 aromatic carbocycles. The number of azide groups is 1. The van der Waals surface area contributed by atoms with Gasteiger partial charge in [0.25, 0.3) is 0 Å². The maximum absolute atomic E-state index is 10.9. The van der Waals surface area contributed by atoms with Crippen LogP contribution in [0.1, 0.15) is 10.4 Å². The first-order valence-electron chi connectivity index (χ1n) is 4.38. The minimum Gasteiger partial charge on any atom is -0.478 e. The highest BCUT2D eigenvalue weighted by Gasteiger charge is 2.10. The molecule has 0 unspecified atom stereocenters. The highest BCUT2D eigenvalue weighted by atomic mass is 16.4. The van der Waals surface area contributed by atoms with E-state index in [2.05, 4.69) is 25.6 Å². The van der Waals surface area contributed by atoms with Crippen molar-refractivity contribution in [2.75, 3.05) is 0 Å². The van der Waals surface area contributed by atoms with Gasteiger partial charge in [-0.15, -0.1) is 5.10 Å². The van der Waals surface area contributed by atoms with Crippen LogP contribution in [-0.2, 0) is 0 Å². The van der Waals surface area contributed by atoms with Crippen molar-refractivity contribution in [1.29, 1.82) is 0 Å². The average Bonchev–Trinajstić information content (AvgIpc) is 2.82. The Kier molecular flexibility index (Phi) is 2.67. The largest absolute Gasteiger partial charge is 0.478 e. The molecule has 2 rings (SSSR count). The van der Waals surface area contributed by atoms with E-state index in [4.69, 9.17) is 10.6 Å². The van der Waals surface area contributed by atoms with Gasteiger partial charge in [-0.2, -0.15) is 0 Å². The lowest BCUT2D eigenvalue weighted by Gasteiger charge is -2.03. The zero-order chi connectivity index (χ0) is 12.3. The van der Waals surface area contributed by atoms with E-state index in [0.717, 1.165) is 0 Å². The Morgan fingerprint density at radius 2 is 2.35 bits per heavy atom. The molecule has 0 saturated carbocycles. The van der Waals surface area contributed by atoms with Crippen LogP contribution in [0.4, 0.5) is 5.69 Å². The van der Waals surface area contributed by atoms with E-state index in [1.54, 1.807) is 0 Å². The highest BCUT2D eigenvalue weighted by Crippen LogP contribution is 2.22. The zero-order valence-corrected chi connectivity index (χ0v) is 8.30. The first-order valence-corrected chi connectivity index (χ1v) is 4.38. The monoisotopic (exact) mass is 231 g/mol. The first kappa shape index (κ1) is 10.6. The number of nitrogens with zero attached hydrogens (tertiary/aromatic N) is 7. The summed E-state index contributed by atoms with van der Waals surface area (Å²) in [5, 5.41) is 22.7. The Morgan fingerprint density at radius 1 is 1.53 bits per heavy atom. The second-order valence-corrected chi connectivity index (χ2v) is 2.95. The first-order chi connectivity index (χ1) is 8.22. The summed E-state index contributed by atoms with van der Waals surface area (Å²) in [6.45, 7) is 0. The summed E-state index contributed by atoms with van der Waals surface area (Å²) in [7, 11) is 0. The van der Waals surface area contributed by atoms with E-state index in [1.165, 1.54) is 29.2 Å². The molecule has 0 aliphatic rings. The number of aromatic carboxylic acids is 1. The molecule has 2 aromatic rings. The molecule has 17 heavy (non-hydrogen) atoms. The van der Waals surface area contributed by atoms with Crippen molar-refractivity contribution in [3.05, 3.63) is 40.5 Å². The van der Waals surface area contributed by atoms with Crippen LogP contribution in [0.5, 0.6) is 0 Å². The van der Waals surface area contributed by atoms with Crippen molar-refractivity contribution >= 4 is 11.7 Å². The molecular formula is C8H5N7O2. The zero-order valence-electron chi connectivity index (χ0n) is 8.30. The second kappa shape index (κ2) is 4.29. The third-order valence-corrected chi connectivity index (χ3v) is 1.98. The minimum atomic E-state index is -1.17. The minimum absolute atomic E-state index is 0.00741. The normalized spacial score (nSPS) is 9.65. The van der Waals surface area contributed by atoms with Crippen molar-refractivity contribution in [3.63, 3.8) is 0 Å². The molecule has 0 bridgehead atoms. The van der Waals surface area contributed by atoms with Crippen LogP contribution in [-0.4, -0.2) is 31.3 Å². The lowest BCUT2D eigenvalue weighted by molar-refractivity contribution is 0.0698. The molecule has 0 radical (unpaired) electrons. The van der Waals surface area contributed by atoms with Crippen LogP contribution in [0, 0.1) is 0 Å². The van der Waals surface area contributed by atoms with Crippen molar-refractivity contribution in [1.82, 2.24) is 20.2 Å². The molecule has 0 atom stereocenters. The Morgan fingerprint density at radius 3 is 2.94 bits per heavy atom. The predicted octanol–water partition coefficient (Wildman–Crippen LogP) is 1.30. The Balaban J connectivity index is 2.57. The number of hydrogen-bond donors (Lipinski definition) is 1. The van der Waals surface area contributed by atoms with Gasteiger partial charge in [0.2, 0.25) is 0 Å². The summed E-state index contributed by atoms with van der Waals surface area (Å²) in [6.07, 6.45) is 1.34. The average molecular weight is 231 g/mol. The molecule has 0 saturated heterocycles. The fourth-order valence-electron chi connectivity index (χ4n) is 1.25. The Bertz CT molecular complexity index is 600. The summed E-state index contributed by atoms with van der Waals surface area (Å²) in [4.78, 5) is 13.4. The molecule has 0 aliphatic carbocycles. The predicted molar refractivity (Wildman–Crippen MR) is 54.9 cm³/mol. The van der Waals surface area contributed by atoms with E-state index in [1.807, 2.05) is 0 Å². The summed E-state index contributed by atoms with van der Waals surface area (Å²) in [5.74, 6) is -1.17. The van der Waals surface area contributed by atoms with Crippen LogP contribution in [0.25, 0.3) is 16.1 Å². The van der Waals surface area contributed by atoms with Gasteiger partial charge < -0.3 is 5.11 Å². The van der Waals surface area contributed by atoms with Crippen molar-refractivity contribution in [3.8, 4) is 5.69 Å². The van der Waals surface area contributed by atoms with Gasteiger partial charge in [0, 0.05) is 4.91 Å². The van der Waals surface area contributed by atoms with Crippen LogP contribution < -0.4 is 0 Å². The number of aromatic nitrogens is 4. The lowest BCUT2D eigenvalue weighted by Crippen LogP contribution is -2.00. The lowest BCUT2D eigenvalue weighted by atomic mass is 10.1. The topological polar surface area (TPSA) is 130 Å². The number of rotatable bonds is 3. The number of hydrogen-bond acceptors (Lipinski definition) is 5. The van der Waals surface area contributed by atoms with Gasteiger partial charge in [0.05, 0.1) is 16.9 Å². The molecule has 9 nitrogen and oxygen atoms in total. The van der Waals surface area contributed by atoms with Crippen LogP contribution in [0.15, 0.2) is 29.6 Å². The quantitative estimate of drug-likeness (QED) is 0.483. The summed E-state index contributed by atoms with van der Waals surface area (Å²) in [6, 6.07) is 4.22. The van der Waals surface area contributed by atoms with Crippen LogP contribution >= 0.6 is 0 Å². The number of benzene rings is 1. The number of carboxylic acid groups (broad SMARTS) is 1. The van der Waals surface area contributed by atoms with Crippen LogP contribution in [0.3, 0.4) is 0 Å². The fourth-order valence-corrected chi connectivity index (χ4v) is 1.25. The number of carbonyl (C=O) groups is 1. The van der Waals surface area contributed by atoms with Crippen molar-refractivity contribution < 1.29 is 9.90 Å². The smallest absolute Gasteiger partial charge is 0.336 e. The SMILES string of the molecule is [N-]=[N+]=Nc1cc(-n2cnnn2)ccc1C(=O)O. The van der Waals surface area contributed by atoms with Gasteiger partial charge >= 0.3 is 5.97 Å². The summed E-state index contributed by atoms with van der Waals surface area (Å²) < 4.78 is 1.32. The van der Waals surface area contributed by atoms with Crippen LogP contribution in [0.2, 0.25) is 0 Å². The summed E-state index contributed by atoms with van der Waals surface area (Å²) >= 11 is 0. The standard InChI is InChI=1S/C8H5N7O2/c9-12-11-7-3-5(15-4-10-13-14-15)1-2-6(7)8(16)17/h1-4H,(H,16,17). The van der Waals surface area contributed by atoms with Crippen molar-refractivity contribution in [2.24, 2.45) is 5.11 Å². The molecule has 84 valence electrons. The molecule has 1 aromatic heterocycles. The molecule has 0 fully saturated rings. The summed E-state index contributed by atoms with van der Waals surface area (Å²) in [5.41, 5.74) is 8.79. The van der Waals surface area contributed by atoms with Gasteiger partial charge in [0.1, 0.15) is 6.33 Å². The molecule has 0 aliphatic heterocycles. The fraction of sp³-hybridized carbons (Fsp3) is 0. The van der Waals surface area contributed by atoms with Gasteiger partial charge in [-0.3, -0.25) is 0 Å². The van der Waals surface area contributed by atoms with E-state index < -0.39 is 5.97 Å². The van der Waals surface area contributed by atoms with Gasteiger partial charge in [-0.05, 0) is 34.2 Å². The molecule has 9 heteroatoms. The molecule has 0 amide bonds. The van der Waals surface area contributed by atoms with Gasteiger partial charge in [-0.25, -0.2) is 9.48 Å². The van der Waals surface area contributed by atoms with E-state index >= 15 is 0 Å². The third-order valence-electron chi connectivity index (χ3n) is 1.98. The second-order valence-electron chi connectivity index (χ2n) is 2.95. The maximum atomic E-state index is 10.9. The van der Waals surface area contributed by atoms with E-state index in [0.29, 0.717) is 5.69 Å². The maximum Gasteiger partial charge on any atom is 0.336 e. The van der Waals surface area contributed by atoms with Crippen molar-refractivity contribution in [2.45, 2.75) is 0 Å².